The summed E-state index contributed by atoms with van der Waals surface area (Å²) in [4.78, 5) is 7.78. The molecule has 0 saturated heterocycles. The number of aromatic nitrogens is 2. The Balaban J connectivity index is 2.25. The highest BCUT2D eigenvalue weighted by molar-refractivity contribution is 5.81. The van der Waals surface area contributed by atoms with Gasteiger partial charge in [0.05, 0.1) is 0 Å². The van der Waals surface area contributed by atoms with Crippen molar-refractivity contribution < 1.29 is 0 Å². The average molecular weight is 186 g/mol. The third-order valence-electron chi connectivity index (χ3n) is 3.21. The van der Waals surface area contributed by atoms with E-state index in [0.717, 1.165) is 11.6 Å². The van der Waals surface area contributed by atoms with Gasteiger partial charge < -0.3 is 4.98 Å². The minimum atomic E-state index is 0.821. The Morgan fingerprint density at radius 2 is 2.43 bits per heavy atom. The van der Waals surface area contributed by atoms with E-state index in [1.54, 1.807) is 0 Å². The van der Waals surface area contributed by atoms with Crippen molar-refractivity contribution in [3.8, 4) is 0 Å². The van der Waals surface area contributed by atoms with Crippen molar-refractivity contribution in [2.45, 2.75) is 26.2 Å². The van der Waals surface area contributed by atoms with E-state index >= 15 is 0 Å². The average Bonchev–Trinajstić information content (AvgIpc) is 2.56. The number of aryl methyl sites for hydroxylation is 1. The van der Waals surface area contributed by atoms with Gasteiger partial charge in [-0.25, -0.2) is 4.98 Å². The summed E-state index contributed by atoms with van der Waals surface area (Å²) in [5.74, 6) is 0.821. The Hall–Kier alpha value is -1.31. The predicted molar refractivity (Wildman–Crippen MR) is 57.3 cm³/mol. The van der Waals surface area contributed by atoms with Gasteiger partial charge >= 0.3 is 0 Å². The van der Waals surface area contributed by atoms with Crippen LogP contribution in [0.25, 0.3) is 11.0 Å². The molecule has 2 heterocycles. The first kappa shape index (κ1) is 8.04. The van der Waals surface area contributed by atoms with Crippen molar-refractivity contribution in [1.82, 2.24) is 9.97 Å². The zero-order chi connectivity index (χ0) is 9.54. The standard InChI is InChI=1S/C12H14N2/c1-8-4-5-11-10(7-8)9-3-2-6-13-12(9)14-11/h2-3,6,8H,4-5,7H2,1H3,(H,13,14). The normalized spacial score (nSPS) is 21.1. The molecule has 2 nitrogen and oxygen atoms in total. The molecule has 2 heteroatoms. The van der Waals surface area contributed by atoms with E-state index in [-0.39, 0.29) is 0 Å². The van der Waals surface area contributed by atoms with E-state index in [9.17, 15) is 0 Å². The minimum Gasteiger partial charge on any atom is -0.343 e. The van der Waals surface area contributed by atoms with Gasteiger partial charge in [0.25, 0.3) is 0 Å². The number of fused-ring (bicyclic) bond motifs is 3. The van der Waals surface area contributed by atoms with Crippen LogP contribution in [0.3, 0.4) is 0 Å². The second-order valence-electron chi connectivity index (χ2n) is 4.33. The summed E-state index contributed by atoms with van der Waals surface area (Å²) in [6, 6.07) is 4.20. The first-order chi connectivity index (χ1) is 6.84. The number of hydrogen-bond acceptors (Lipinski definition) is 1. The number of nitrogens with one attached hydrogen (secondary N) is 1. The van der Waals surface area contributed by atoms with Crippen LogP contribution in [0, 0.1) is 5.92 Å². The molecule has 0 bridgehead atoms. The van der Waals surface area contributed by atoms with Crippen molar-refractivity contribution >= 4 is 11.0 Å². The number of H-pyrrole nitrogens is 1. The quantitative estimate of drug-likeness (QED) is 0.673. The molecule has 3 rings (SSSR count). The molecule has 2 aromatic heterocycles. The summed E-state index contributed by atoms with van der Waals surface area (Å²) in [5.41, 5.74) is 3.98. The van der Waals surface area contributed by atoms with Crippen LogP contribution in [0.4, 0.5) is 0 Å². The van der Waals surface area contributed by atoms with Crippen LogP contribution < -0.4 is 0 Å². The number of rotatable bonds is 0. The molecule has 0 radical (unpaired) electrons. The maximum atomic E-state index is 4.36. The van der Waals surface area contributed by atoms with Gasteiger partial charge in [-0.05, 0) is 42.9 Å². The van der Waals surface area contributed by atoms with Crippen LogP contribution >= 0.6 is 0 Å². The lowest BCUT2D eigenvalue weighted by Crippen LogP contribution is -2.09. The van der Waals surface area contributed by atoms with Crippen molar-refractivity contribution in [3.63, 3.8) is 0 Å². The lowest BCUT2D eigenvalue weighted by molar-refractivity contribution is 0.499. The number of hydrogen-bond donors (Lipinski definition) is 1. The molecule has 1 aliphatic rings. The van der Waals surface area contributed by atoms with E-state index in [1.165, 1.54) is 35.9 Å². The molecule has 0 fully saturated rings. The van der Waals surface area contributed by atoms with Crippen LogP contribution in [-0.2, 0) is 12.8 Å². The van der Waals surface area contributed by atoms with Gasteiger partial charge in [0.15, 0.2) is 0 Å². The summed E-state index contributed by atoms with van der Waals surface area (Å²) >= 11 is 0. The van der Waals surface area contributed by atoms with Gasteiger partial charge in [-0.15, -0.1) is 0 Å². The Morgan fingerprint density at radius 3 is 3.36 bits per heavy atom. The molecule has 0 spiro atoms. The summed E-state index contributed by atoms with van der Waals surface area (Å²) in [6.45, 7) is 2.33. The Kier molecular flexibility index (Phi) is 1.63. The zero-order valence-corrected chi connectivity index (χ0v) is 8.38. The zero-order valence-electron chi connectivity index (χ0n) is 8.38. The summed E-state index contributed by atoms with van der Waals surface area (Å²) in [5, 5.41) is 1.33. The molecule has 0 saturated carbocycles. The Labute approximate surface area is 83.4 Å². The van der Waals surface area contributed by atoms with Gasteiger partial charge in [0.1, 0.15) is 5.65 Å². The van der Waals surface area contributed by atoms with Crippen LogP contribution in [0.5, 0.6) is 0 Å². The van der Waals surface area contributed by atoms with Gasteiger partial charge in [-0.1, -0.05) is 6.92 Å². The van der Waals surface area contributed by atoms with Crippen LogP contribution in [0.15, 0.2) is 18.3 Å². The Morgan fingerprint density at radius 1 is 1.50 bits per heavy atom. The van der Waals surface area contributed by atoms with Crippen molar-refractivity contribution in [3.05, 3.63) is 29.6 Å². The highest BCUT2D eigenvalue weighted by Gasteiger charge is 2.19. The van der Waals surface area contributed by atoms with E-state index in [1.807, 2.05) is 12.3 Å². The van der Waals surface area contributed by atoms with Crippen molar-refractivity contribution in [1.29, 1.82) is 0 Å². The highest BCUT2D eigenvalue weighted by Crippen LogP contribution is 2.30. The second-order valence-corrected chi connectivity index (χ2v) is 4.33. The smallest absolute Gasteiger partial charge is 0.137 e. The molecular formula is C12H14N2. The molecule has 1 unspecified atom stereocenters. The van der Waals surface area contributed by atoms with E-state index in [2.05, 4.69) is 23.0 Å². The van der Waals surface area contributed by atoms with Crippen LogP contribution in [0.1, 0.15) is 24.6 Å². The number of nitrogens with zero attached hydrogens (tertiary/aromatic N) is 1. The minimum absolute atomic E-state index is 0.821. The maximum Gasteiger partial charge on any atom is 0.137 e. The second kappa shape index (κ2) is 2.84. The molecule has 0 aromatic carbocycles. The molecule has 72 valence electrons. The maximum absolute atomic E-state index is 4.36. The molecule has 1 aliphatic carbocycles. The first-order valence-corrected chi connectivity index (χ1v) is 5.29. The summed E-state index contributed by atoms with van der Waals surface area (Å²) < 4.78 is 0. The largest absolute Gasteiger partial charge is 0.343 e. The number of aromatic amines is 1. The monoisotopic (exact) mass is 186 g/mol. The topological polar surface area (TPSA) is 28.7 Å². The lowest BCUT2D eigenvalue weighted by atomic mass is 9.88. The lowest BCUT2D eigenvalue weighted by Gasteiger charge is -2.17. The summed E-state index contributed by atoms with van der Waals surface area (Å²) in [7, 11) is 0. The molecule has 1 atom stereocenters. The predicted octanol–water partition coefficient (Wildman–Crippen LogP) is 2.69. The Bertz CT molecular complexity index is 470. The fourth-order valence-corrected chi connectivity index (χ4v) is 2.42. The van der Waals surface area contributed by atoms with Gasteiger partial charge in [0.2, 0.25) is 0 Å². The third kappa shape index (κ3) is 1.07. The molecule has 2 aromatic rings. The van der Waals surface area contributed by atoms with E-state index in [4.69, 9.17) is 0 Å². The molecular weight excluding hydrogens is 172 g/mol. The van der Waals surface area contributed by atoms with E-state index in [0.29, 0.717) is 0 Å². The third-order valence-corrected chi connectivity index (χ3v) is 3.21. The SMILES string of the molecule is CC1CCc2[nH]c3ncccc3c2C1. The molecule has 1 N–H and O–H groups in total. The fraction of sp³-hybridized carbons (Fsp3) is 0.417. The number of pyridine rings is 1. The van der Waals surface area contributed by atoms with Gasteiger partial charge in [-0.3, -0.25) is 0 Å². The van der Waals surface area contributed by atoms with Gasteiger partial charge in [-0.2, -0.15) is 0 Å². The van der Waals surface area contributed by atoms with Crippen molar-refractivity contribution in [2.24, 2.45) is 5.92 Å². The van der Waals surface area contributed by atoms with Gasteiger partial charge in [0, 0.05) is 17.3 Å². The van der Waals surface area contributed by atoms with Crippen LogP contribution in [-0.4, -0.2) is 9.97 Å². The van der Waals surface area contributed by atoms with Crippen LogP contribution in [0.2, 0.25) is 0 Å². The fourth-order valence-electron chi connectivity index (χ4n) is 2.42. The first-order valence-electron chi connectivity index (χ1n) is 5.29. The molecule has 0 amide bonds. The highest BCUT2D eigenvalue weighted by atomic mass is 14.9. The van der Waals surface area contributed by atoms with E-state index < -0.39 is 0 Å². The molecule has 14 heavy (non-hydrogen) atoms. The molecule has 0 aliphatic heterocycles. The summed E-state index contributed by atoms with van der Waals surface area (Å²) in [6.07, 6.45) is 5.56. The van der Waals surface area contributed by atoms with Crippen molar-refractivity contribution in [2.75, 3.05) is 0 Å².